The summed E-state index contributed by atoms with van der Waals surface area (Å²) >= 11 is 5.51. The average molecular weight is 331 g/mol. The maximum Gasteiger partial charge on any atom is 0.0869 e. The highest BCUT2D eigenvalue weighted by Gasteiger charge is 1.93. The molecule has 70 valence electrons. The Morgan fingerprint density at radius 3 is 2.14 bits per heavy atom. The number of hydrogen-bond donors (Lipinski definition) is 1. The van der Waals surface area contributed by atoms with Gasteiger partial charge < -0.3 is 5.73 Å². The van der Waals surface area contributed by atoms with Gasteiger partial charge in [0.05, 0.1) is 17.6 Å². The van der Waals surface area contributed by atoms with Gasteiger partial charge in [-0.25, -0.2) is 0 Å². The molecule has 0 saturated carbocycles. The number of anilines is 1. The quantitative estimate of drug-likeness (QED) is 0.581. The van der Waals surface area contributed by atoms with Crippen molar-refractivity contribution in [1.82, 2.24) is 0 Å². The Morgan fingerprint density at radius 1 is 1.00 bits per heavy atom. The van der Waals surface area contributed by atoms with Crippen LogP contribution in [-0.4, -0.2) is 0 Å². The summed E-state index contributed by atoms with van der Waals surface area (Å²) < 4.78 is 1.26. The van der Waals surface area contributed by atoms with Crippen molar-refractivity contribution in [3.8, 4) is 11.8 Å². The van der Waals surface area contributed by atoms with E-state index in [1.807, 2.05) is 18.2 Å². The van der Waals surface area contributed by atoms with E-state index in [0.717, 1.165) is 14.8 Å². The van der Waals surface area contributed by atoms with Crippen molar-refractivity contribution in [3.05, 3.63) is 36.9 Å². The second-order valence-corrected chi connectivity index (χ2v) is 6.65. The molecule has 0 atom stereocenters. The normalized spacial score (nSPS) is 9.50. The molecule has 0 bridgehead atoms. The van der Waals surface area contributed by atoms with Gasteiger partial charge in [-0.05, 0) is 58.7 Å². The standard InChI is InChI=1S/C10H6INS2/c11-9-5-3-7(13-9)1-2-8-4-6-10(12)14-8/h3-6H,12H2. The second kappa shape index (κ2) is 4.34. The van der Waals surface area contributed by atoms with Gasteiger partial charge in [0.15, 0.2) is 0 Å². The molecule has 0 fully saturated rings. The molecule has 0 aliphatic heterocycles. The van der Waals surface area contributed by atoms with E-state index >= 15 is 0 Å². The van der Waals surface area contributed by atoms with Gasteiger partial charge in [-0.1, -0.05) is 0 Å². The predicted molar refractivity (Wildman–Crippen MR) is 71.7 cm³/mol. The lowest BCUT2D eigenvalue weighted by Crippen LogP contribution is -1.72. The maximum absolute atomic E-state index is 5.60. The summed E-state index contributed by atoms with van der Waals surface area (Å²) in [5, 5.41) is 0.815. The van der Waals surface area contributed by atoms with E-state index in [4.69, 9.17) is 5.73 Å². The molecule has 0 aromatic carbocycles. The number of nitrogen functional groups attached to an aromatic ring is 1. The number of thiophene rings is 2. The lowest BCUT2D eigenvalue weighted by molar-refractivity contribution is 1.88. The van der Waals surface area contributed by atoms with Gasteiger partial charge in [-0.15, -0.1) is 22.7 Å². The van der Waals surface area contributed by atoms with Crippen LogP contribution in [-0.2, 0) is 0 Å². The molecule has 0 spiro atoms. The zero-order valence-electron chi connectivity index (χ0n) is 7.08. The molecule has 0 amide bonds. The van der Waals surface area contributed by atoms with Crippen LogP contribution in [0.25, 0.3) is 0 Å². The van der Waals surface area contributed by atoms with E-state index in [0.29, 0.717) is 0 Å². The third-order valence-corrected chi connectivity index (χ3v) is 4.15. The van der Waals surface area contributed by atoms with E-state index in [1.54, 1.807) is 11.3 Å². The Morgan fingerprint density at radius 2 is 1.64 bits per heavy atom. The molecule has 0 aliphatic rings. The fourth-order valence-electron chi connectivity index (χ4n) is 0.925. The number of rotatable bonds is 0. The van der Waals surface area contributed by atoms with Gasteiger partial charge >= 0.3 is 0 Å². The van der Waals surface area contributed by atoms with Gasteiger partial charge in [0.1, 0.15) is 0 Å². The first kappa shape index (κ1) is 10.0. The molecule has 0 unspecified atom stereocenters. The molecule has 2 N–H and O–H groups in total. The first-order valence-corrected chi connectivity index (χ1v) is 6.58. The minimum atomic E-state index is 0.815. The summed E-state index contributed by atoms with van der Waals surface area (Å²) in [6.45, 7) is 0. The number of nitrogens with two attached hydrogens (primary N) is 1. The third-order valence-electron chi connectivity index (χ3n) is 1.51. The van der Waals surface area contributed by atoms with Crippen molar-refractivity contribution in [2.75, 3.05) is 5.73 Å². The van der Waals surface area contributed by atoms with E-state index in [9.17, 15) is 0 Å². The van der Waals surface area contributed by atoms with Crippen LogP contribution in [0.3, 0.4) is 0 Å². The summed E-state index contributed by atoms with van der Waals surface area (Å²) in [6.07, 6.45) is 0. The smallest absolute Gasteiger partial charge is 0.0869 e. The Kier molecular flexibility index (Phi) is 3.11. The van der Waals surface area contributed by atoms with Crippen molar-refractivity contribution in [2.45, 2.75) is 0 Å². The monoisotopic (exact) mass is 331 g/mol. The van der Waals surface area contributed by atoms with Crippen LogP contribution >= 0.6 is 45.3 Å². The molecule has 2 rings (SSSR count). The number of halogens is 1. The average Bonchev–Trinajstić information content (AvgIpc) is 2.72. The summed E-state index contributed by atoms with van der Waals surface area (Å²) in [5.41, 5.74) is 5.60. The molecule has 14 heavy (non-hydrogen) atoms. The number of hydrogen-bond acceptors (Lipinski definition) is 3. The maximum atomic E-state index is 5.60. The van der Waals surface area contributed by atoms with Gasteiger partial charge in [0.25, 0.3) is 0 Å². The molecular formula is C10H6INS2. The van der Waals surface area contributed by atoms with Gasteiger partial charge in [-0.3, -0.25) is 0 Å². The summed E-state index contributed by atoms with van der Waals surface area (Å²) in [6, 6.07) is 7.94. The van der Waals surface area contributed by atoms with Crippen LogP contribution in [0.1, 0.15) is 9.75 Å². The fourth-order valence-corrected chi connectivity index (χ4v) is 3.03. The summed E-state index contributed by atoms with van der Waals surface area (Å²) in [7, 11) is 0. The van der Waals surface area contributed by atoms with Gasteiger partial charge in [-0.2, -0.15) is 0 Å². The Labute approximate surface area is 104 Å². The van der Waals surface area contributed by atoms with Crippen LogP contribution in [0.4, 0.5) is 5.00 Å². The topological polar surface area (TPSA) is 26.0 Å². The first-order valence-electron chi connectivity index (χ1n) is 3.87. The van der Waals surface area contributed by atoms with Gasteiger partial charge in [0.2, 0.25) is 0 Å². The minimum Gasteiger partial charge on any atom is -0.391 e. The third kappa shape index (κ3) is 2.50. The van der Waals surface area contributed by atoms with E-state index < -0.39 is 0 Å². The van der Waals surface area contributed by atoms with Crippen LogP contribution in [0, 0.1) is 14.7 Å². The van der Waals surface area contributed by atoms with E-state index in [2.05, 4.69) is 40.5 Å². The molecule has 0 radical (unpaired) electrons. The van der Waals surface area contributed by atoms with Gasteiger partial charge in [0, 0.05) is 0 Å². The lowest BCUT2D eigenvalue weighted by atomic mass is 10.4. The lowest BCUT2D eigenvalue weighted by Gasteiger charge is -1.78. The van der Waals surface area contributed by atoms with Crippen molar-refractivity contribution in [3.63, 3.8) is 0 Å². The van der Waals surface area contributed by atoms with Crippen molar-refractivity contribution in [2.24, 2.45) is 0 Å². The van der Waals surface area contributed by atoms with Crippen molar-refractivity contribution < 1.29 is 0 Å². The summed E-state index contributed by atoms with van der Waals surface area (Å²) in [4.78, 5) is 2.12. The zero-order chi connectivity index (χ0) is 9.97. The first-order chi connectivity index (χ1) is 6.74. The fraction of sp³-hybridized carbons (Fsp3) is 0. The van der Waals surface area contributed by atoms with Crippen molar-refractivity contribution >= 4 is 50.3 Å². The molecular weight excluding hydrogens is 325 g/mol. The predicted octanol–water partition coefficient (Wildman–Crippen LogP) is 3.40. The van der Waals surface area contributed by atoms with Crippen LogP contribution < -0.4 is 5.73 Å². The molecule has 0 saturated heterocycles. The van der Waals surface area contributed by atoms with E-state index in [1.165, 1.54) is 14.2 Å². The molecule has 2 heterocycles. The Hall–Kier alpha value is -0.510. The SMILES string of the molecule is Nc1ccc(C#Cc2ccc(I)s2)s1. The highest BCUT2D eigenvalue weighted by Crippen LogP contribution is 2.19. The van der Waals surface area contributed by atoms with E-state index in [-0.39, 0.29) is 0 Å². The molecule has 2 aromatic rings. The van der Waals surface area contributed by atoms with Crippen LogP contribution in [0.15, 0.2) is 24.3 Å². The molecule has 2 aromatic heterocycles. The second-order valence-electron chi connectivity index (χ2n) is 2.56. The zero-order valence-corrected chi connectivity index (χ0v) is 10.9. The minimum absolute atomic E-state index is 0.815. The molecule has 0 aliphatic carbocycles. The van der Waals surface area contributed by atoms with Crippen LogP contribution in [0.5, 0.6) is 0 Å². The Bertz CT molecular complexity index is 457. The highest BCUT2D eigenvalue weighted by molar-refractivity contribution is 14.1. The Balaban J connectivity index is 2.22. The molecule has 1 nitrogen and oxygen atoms in total. The highest BCUT2D eigenvalue weighted by atomic mass is 127. The van der Waals surface area contributed by atoms with Crippen LogP contribution in [0.2, 0.25) is 0 Å². The largest absolute Gasteiger partial charge is 0.391 e. The van der Waals surface area contributed by atoms with Crippen molar-refractivity contribution in [1.29, 1.82) is 0 Å². The summed E-state index contributed by atoms with van der Waals surface area (Å²) in [5.74, 6) is 6.20. The molecule has 4 heteroatoms.